The Hall–Kier alpha value is -1.26. The smallest absolute Gasteiger partial charge is 0.163 e. The van der Waals surface area contributed by atoms with Gasteiger partial charge in [-0.25, -0.2) is 5.48 Å². The third-order valence-electron chi connectivity index (χ3n) is 2.23. The number of rotatable bonds is 5. The molecule has 0 aliphatic carbocycles. The Balaban J connectivity index is 2.95. The average molecular weight is 211 g/mol. The Morgan fingerprint density at radius 2 is 2.07 bits per heavy atom. The van der Waals surface area contributed by atoms with E-state index in [2.05, 4.69) is 5.48 Å². The van der Waals surface area contributed by atoms with Crippen LogP contribution in [0.25, 0.3) is 0 Å². The molecule has 0 spiro atoms. The first kappa shape index (κ1) is 11.8. The lowest BCUT2D eigenvalue weighted by atomic mass is 10.1. The molecular formula is C11H17NO3. The summed E-state index contributed by atoms with van der Waals surface area (Å²) >= 11 is 0. The van der Waals surface area contributed by atoms with Crippen LogP contribution in [0.15, 0.2) is 18.2 Å². The van der Waals surface area contributed by atoms with E-state index >= 15 is 0 Å². The summed E-state index contributed by atoms with van der Waals surface area (Å²) in [5.74, 6) is 1.43. The number of ether oxygens (including phenoxy) is 2. The van der Waals surface area contributed by atoms with E-state index in [0.29, 0.717) is 12.2 Å². The van der Waals surface area contributed by atoms with Crippen molar-refractivity contribution < 1.29 is 14.7 Å². The third-order valence-corrected chi connectivity index (χ3v) is 2.23. The highest BCUT2D eigenvalue weighted by Crippen LogP contribution is 2.31. The van der Waals surface area contributed by atoms with Gasteiger partial charge in [0.1, 0.15) is 0 Å². The second-order valence-corrected chi connectivity index (χ2v) is 3.39. The average Bonchev–Trinajstić information content (AvgIpc) is 2.28. The molecule has 2 N–H and O–H groups in total. The standard InChI is InChI=1S/C11H17NO3/c1-8(12-13)7-9-5-4-6-10(14-2)11(9)15-3/h4-6,8,12-13H,7H2,1-3H3/t8-/m1/s1. The zero-order valence-corrected chi connectivity index (χ0v) is 9.28. The Kier molecular flexibility index (Phi) is 4.39. The van der Waals surface area contributed by atoms with E-state index in [4.69, 9.17) is 14.7 Å². The molecule has 1 aromatic carbocycles. The van der Waals surface area contributed by atoms with Gasteiger partial charge in [0, 0.05) is 6.04 Å². The molecule has 4 heteroatoms. The van der Waals surface area contributed by atoms with E-state index in [1.54, 1.807) is 14.2 Å². The predicted molar refractivity (Wildman–Crippen MR) is 57.6 cm³/mol. The van der Waals surface area contributed by atoms with Gasteiger partial charge in [0.25, 0.3) is 0 Å². The van der Waals surface area contributed by atoms with E-state index in [0.717, 1.165) is 11.3 Å². The topological polar surface area (TPSA) is 50.7 Å². The zero-order chi connectivity index (χ0) is 11.3. The van der Waals surface area contributed by atoms with E-state index in [1.165, 1.54) is 0 Å². The second-order valence-electron chi connectivity index (χ2n) is 3.39. The number of para-hydroxylation sites is 1. The molecule has 0 aromatic heterocycles. The molecule has 0 saturated heterocycles. The monoisotopic (exact) mass is 211 g/mol. The summed E-state index contributed by atoms with van der Waals surface area (Å²) < 4.78 is 10.5. The highest BCUT2D eigenvalue weighted by molar-refractivity contribution is 5.46. The lowest BCUT2D eigenvalue weighted by molar-refractivity contribution is 0.132. The highest BCUT2D eigenvalue weighted by Gasteiger charge is 2.11. The fourth-order valence-corrected chi connectivity index (χ4v) is 1.49. The molecule has 0 bridgehead atoms. The molecule has 84 valence electrons. The normalized spacial score (nSPS) is 12.3. The summed E-state index contributed by atoms with van der Waals surface area (Å²) in [6.45, 7) is 1.89. The molecule has 1 atom stereocenters. The number of nitrogens with one attached hydrogen (secondary N) is 1. The van der Waals surface area contributed by atoms with Crippen LogP contribution in [0.5, 0.6) is 11.5 Å². The van der Waals surface area contributed by atoms with Gasteiger partial charge in [-0.15, -0.1) is 0 Å². The highest BCUT2D eigenvalue weighted by atomic mass is 16.5. The first-order valence-corrected chi connectivity index (χ1v) is 4.82. The van der Waals surface area contributed by atoms with Crippen molar-refractivity contribution in [2.24, 2.45) is 0 Å². The lowest BCUT2D eigenvalue weighted by Gasteiger charge is -2.14. The number of hydroxylamine groups is 1. The largest absolute Gasteiger partial charge is 0.493 e. The van der Waals surface area contributed by atoms with Crippen LogP contribution in [0.3, 0.4) is 0 Å². The SMILES string of the molecule is COc1cccc(C[C@@H](C)NO)c1OC. The van der Waals surface area contributed by atoms with Gasteiger partial charge in [0.05, 0.1) is 14.2 Å². The summed E-state index contributed by atoms with van der Waals surface area (Å²) in [4.78, 5) is 0. The van der Waals surface area contributed by atoms with E-state index in [1.807, 2.05) is 25.1 Å². The van der Waals surface area contributed by atoms with Crippen molar-refractivity contribution in [2.45, 2.75) is 19.4 Å². The first-order chi connectivity index (χ1) is 7.22. The van der Waals surface area contributed by atoms with Crippen LogP contribution in [0, 0.1) is 0 Å². The summed E-state index contributed by atoms with van der Waals surface area (Å²) in [5.41, 5.74) is 3.21. The Morgan fingerprint density at radius 3 is 2.60 bits per heavy atom. The molecule has 0 fully saturated rings. The van der Waals surface area contributed by atoms with Crippen molar-refractivity contribution in [3.8, 4) is 11.5 Å². The molecule has 1 rings (SSSR count). The van der Waals surface area contributed by atoms with Gasteiger partial charge < -0.3 is 14.7 Å². The summed E-state index contributed by atoms with van der Waals surface area (Å²) in [7, 11) is 3.22. The number of hydrogen-bond donors (Lipinski definition) is 2. The maximum atomic E-state index is 8.76. The second kappa shape index (κ2) is 5.58. The molecule has 4 nitrogen and oxygen atoms in total. The van der Waals surface area contributed by atoms with Crippen molar-refractivity contribution in [2.75, 3.05) is 14.2 Å². The van der Waals surface area contributed by atoms with Crippen LogP contribution in [0.2, 0.25) is 0 Å². The van der Waals surface area contributed by atoms with Crippen LogP contribution >= 0.6 is 0 Å². The lowest BCUT2D eigenvalue weighted by Crippen LogP contribution is -2.24. The molecule has 0 amide bonds. The Morgan fingerprint density at radius 1 is 1.33 bits per heavy atom. The van der Waals surface area contributed by atoms with E-state index in [9.17, 15) is 0 Å². The van der Waals surface area contributed by atoms with Crippen LogP contribution in [0.4, 0.5) is 0 Å². The quantitative estimate of drug-likeness (QED) is 0.726. The fraction of sp³-hybridized carbons (Fsp3) is 0.455. The molecule has 0 saturated carbocycles. The molecule has 0 heterocycles. The third kappa shape index (κ3) is 2.84. The summed E-state index contributed by atoms with van der Waals surface area (Å²) in [6.07, 6.45) is 0.677. The number of benzene rings is 1. The minimum absolute atomic E-state index is 0.0222. The van der Waals surface area contributed by atoms with Crippen LogP contribution in [0.1, 0.15) is 12.5 Å². The van der Waals surface area contributed by atoms with Crippen molar-refractivity contribution in [3.63, 3.8) is 0 Å². The van der Waals surface area contributed by atoms with Crippen LogP contribution < -0.4 is 15.0 Å². The van der Waals surface area contributed by atoms with Crippen molar-refractivity contribution in [3.05, 3.63) is 23.8 Å². The minimum Gasteiger partial charge on any atom is -0.493 e. The first-order valence-electron chi connectivity index (χ1n) is 4.82. The predicted octanol–water partition coefficient (Wildman–Crippen LogP) is 1.61. The van der Waals surface area contributed by atoms with Gasteiger partial charge in [-0.2, -0.15) is 0 Å². The molecule has 0 radical (unpaired) electrons. The maximum Gasteiger partial charge on any atom is 0.163 e. The fourth-order valence-electron chi connectivity index (χ4n) is 1.49. The molecule has 0 unspecified atom stereocenters. The Labute approximate surface area is 89.8 Å². The van der Waals surface area contributed by atoms with E-state index in [-0.39, 0.29) is 6.04 Å². The minimum atomic E-state index is -0.0222. The zero-order valence-electron chi connectivity index (χ0n) is 9.28. The van der Waals surface area contributed by atoms with Gasteiger partial charge in [-0.05, 0) is 25.0 Å². The molecule has 0 aliphatic heterocycles. The van der Waals surface area contributed by atoms with E-state index < -0.39 is 0 Å². The Bertz CT molecular complexity index is 315. The van der Waals surface area contributed by atoms with Crippen molar-refractivity contribution in [1.29, 1.82) is 0 Å². The number of methoxy groups -OCH3 is 2. The molecule has 15 heavy (non-hydrogen) atoms. The van der Waals surface area contributed by atoms with Crippen molar-refractivity contribution >= 4 is 0 Å². The molecular weight excluding hydrogens is 194 g/mol. The van der Waals surface area contributed by atoms with Gasteiger partial charge in [0.15, 0.2) is 11.5 Å². The molecule has 1 aromatic rings. The van der Waals surface area contributed by atoms with Gasteiger partial charge >= 0.3 is 0 Å². The maximum absolute atomic E-state index is 8.76. The summed E-state index contributed by atoms with van der Waals surface area (Å²) in [6, 6.07) is 5.68. The molecule has 0 aliphatic rings. The van der Waals surface area contributed by atoms with Crippen LogP contribution in [-0.2, 0) is 6.42 Å². The van der Waals surface area contributed by atoms with Gasteiger partial charge in [-0.1, -0.05) is 12.1 Å². The summed E-state index contributed by atoms with van der Waals surface area (Å²) in [5, 5.41) is 8.76. The number of hydrogen-bond acceptors (Lipinski definition) is 4. The van der Waals surface area contributed by atoms with Gasteiger partial charge in [0.2, 0.25) is 0 Å². The van der Waals surface area contributed by atoms with Crippen molar-refractivity contribution in [1.82, 2.24) is 5.48 Å². The van der Waals surface area contributed by atoms with Crippen LogP contribution in [-0.4, -0.2) is 25.5 Å². The van der Waals surface area contributed by atoms with Gasteiger partial charge in [-0.3, -0.25) is 0 Å².